The highest BCUT2D eigenvalue weighted by Gasteiger charge is 2.22. The molecule has 0 saturated heterocycles. The van der Waals surface area contributed by atoms with Crippen molar-refractivity contribution in [2.45, 2.75) is 73.6 Å². The first kappa shape index (κ1) is 21.2. The van der Waals surface area contributed by atoms with E-state index >= 15 is 0 Å². The number of aryl methyl sites for hydroxylation is 1. The van der Waals surface area contributed by atoms with Crippen LogP contribution in [-0.2, 0) is 30.7 Å². The number of hydrogen-bond acceptors (Lipinski definition) is 4. The van der Waals surface area contributed by atoms with Gasteiger partial charge in [-0.1, -0.05) is 13.8 Å². The number of rotatable bonds is 8. The molecule has 29 heavy (non-hydrogen) atoms. The van der Waals surface area contributed by atoms with Crippen LogP contribution in [0.3, 0.4) is 0 Å². The predicted octanol–water partition coefficient (Wildman–Crippen LogP) is 3.74. The highest BCUT2D eigenvalue weighted by Crippen LogP contribution is 2.35. The van der Waals surface area contributed by atoms with E-state index in [0.29, 0.717) is 25.5 Å². The van der Waals surface area contributed by atoms with Crippen molar-refractivity contribution >= 4 is 5.91 Å². The fraction of sp³-hybridized carbons (Fsp3) is 0.565. The lowest BCUT2D eigenvalue weighted by atomic mass is 10.1. The van der Waals surface area contributed by atoms with Gasteiger partial charge in [-0.15, -0.1) is 0 Å². The molecule has 0 fully saturated rings. The van der Waals surface area contributed by atoms with Gasteiger partial charge in [0.2, 0.25) is 5.91 Å². The quantitative estimate of drug-likeness (QED) is 0.734. The molecular weight excluding hydrogens is 366 g/mol. The van der Waals surface area contributed by atoms with Gasteiger partial charge in [0, 0.05) is 41.9 Å². The average Bonchev–Trinajstić information content (AvgIpc) is 3.12. The number of carbonyl (C=O) groups excluding carboxylic acids is 1. The van der Waals surface area contributed by atoms with Crippen LogP contribution >= 0.6 is 0 Å². The number of nitrogens with one attached hydrogen (secondary N) is 1. The van der Waals surface area contributed by atoms with Crippen molar-refractivity contribution in [3.05, 3.63) is 40.2 Å². The standard InChI is InChI=1S/C23H33N3O3/c1-7-28-21-9-18-8-15(4)29-22(18)10-19(21)12-24-23(27)11-20-16(5)25-26(17(20)6)13-14(2)3/h9-10,14-15H,7-8,11-13H2,1-6H3,(H,24,27)/t15-/m0/s1. The molecule has 1 aromatic heterocycles. The molecule has 1 aliphatic rings. The number of hydrogen-bond donors (Lipinski definition) is 1. The normalized spacial score (nSPS) is 15.3. The molecule has 0 saturated carbocycles. The first-order chi connectivity index (χ1) is 13.8. The number of aromatic nitrogens is 2. The predicted molar refractivity (Wildman–Crippen MR) is 113 cm³/mol. The van der Waals surface area contributed by atoms with Crippen molar-refractivity contribution in [3.63, 3.8) is 0 Å². The lowest BCUT2D eigenvalue weighted by molar-refractivity contribution is -0.120. The Labute approximate surface area is 173 Å². The number of ether oxygens (including phenoxy) is 2. The molecule has 158 valence electrons. The van der Waals surface area contributed by atoms with Crippen molar-refractivity contribution in [2.75, 3.05) is 6.61 Å². The zero-order valence-electron chi connectivity index (χ0n) is 18.5. The molecule has 0 bridgehead atoms. The van der Waals surface area contributed by atoms with Crippen LogP contribution in [0.5, 0.6) is 11.5 Å². The number of carbonyl (C=O) groups is 1. The summed E-state index contributed by atoms with van der Waals surface area (Å²) < 4.78 is 13.7. The number of nitrogens with zero attached hydrogens (tertiary/aromatic N) is 2. The summed E-state index contributed by atoms with van der Waals surface area (Å²) in [5.74, 6) is 2.21. The first-order valence-corrected chi connectivity index (χ1v) is 10.5. The lowest BCUT2D eigenvalue weighted by Crippen LogP contribution is -2.25. The van der Waals surface area contributed by atoms with Crippen molar-refractivity contribution in [1.82, 2.24) is 15.1 Å². The van der Waals surface area contributed by atoms with Gasteiger partial charge in [0.25, 0.3) is 0 Å². The number of fused-ring (bicyclic) bond motifs is 1. The van der Waals surface area contributed by atoms with Crippen LogP contribution in [0.2, 0.25) is 0 Å². The van der Waals surface area contributed by atoms with Gasteiger partial charge >= 0.3 is 0 Å². The Morgan fingerprint density at radius 2 is 2.14 bits per heavy atom. The summed E-state index contributed by atoms with van der Waals surface area (Å²) in [5, 5.41) is 7.65. The Hall–Kier alpha value is -2.50. The van der Waals surface area contributed by atoms with Crippen LogP contribution in [-0.4, -0.2) is 28.4 Å². The minimum absolute atomic E-state index is 0.0162. The summed E-state index contributed by atoms with van der Waals surface area (Å²) in [6.07, 6.45) is 1.40. The highest BCUT2D eigenvalue weighted by molar-refractivity contribution is 5.79. The summed E-state index contributed by atoms with van der Waals surface area (Å²) in [4.78, 5) is 12.7. The maximum atomic E-state index is 12.7. The molecule has 1 N–H and O–H groups in total. The van der Waals surface area contributed by atoms with Crippen LogP contribution in [0.25, 0.3) is 0 Å². The second kappa shape index (κ2) is 8.89. The summed E-state index contributed by atoms with van der Waals surface area (Å²) in [5.41, 5.74) is 5.12. The van der Waals surface area contributed by atoms with Crippen molar-refractivity contribution < 1.29 is 14.3 Å². The fourth-order valence-electron chi connectivity index (χ4n) is 3.84. The van der Waals surface area contributed by atoms with Crippen LogP contribution in [0.1, 0.15) is 55.8 Å². The van der Waals surface area contributed by atoms with E-state index in [-0.39, 0.29) is 12.0 Å². The zero-order valence-corrected chi connectivity index (χ0v) is 18.5. The molecule has 1 aromatic carbocycles. The van der Waals surface area contributed by atoms with E-state index in [1.165, 1.54) is 5.56 Å². The molecule has 1 aliphatic heterocycles. The zero-order chi connectivity index (χ0) is 21.1. The van der Waals surface area contributed by atoms with E-state index in [0.717, 1.165) is 47.0 Å². The summed E-state index contributed by atoms with van der Waals surface area (Å²) >= 11 is 0. The number of benzene rings is 1. The SMILES string of the molecule is CCOc1cc2c(cc1CNC(=O)Cc1c(C)nn(CC(C)C)c1C)O[C@@H](C)C2. The Morgan fingerprint density at radius 1 is 1.38 bits per heavy atom. The molecule has 3 rings (SSSR count). The Kier molecular flexibility index (Phi) is 6.50. The van der Waals surface area contributed by atoms with E-state index in [1.807, 2.05) is 37.6 Å². The van der Waals surface area contributed by atoms with E-state index in [4.69, 9.17) is 9.47 Å². The molecule has 0 unspecified atom stereocenters. The minimum atomic E-state index is -0.0162. The van der Waals surface area contributed by atoms with Gasteiger partial charge in [0.1, 0.15) is 17.6 Å². The summed E-state index contributed by atoms with van der Waals surface area (Å²) in [6.45, 7) is 14.2. The smallest absolute Gasteiger partial charge is 0.224 e. The van der Waals surface area contributed by atoms with Gasteiger partial charge in [0.05, 0.1) is 18.7 Å². The van der Waals surface area contributed by atoms with Crippen LogP contribution in [0, 0.1) is 19.8 Å². The van der Waals surface area contributed by atoms with E-state index < -0.39 is 0 Å². The molecule has 0 aliphatic carbocycles. The molecule has 1 atom stereocenters. The van der Waals surface area contributed by atoms with E-state index in [2.05, 4.69) is 31.2 Å². The number of amides is 1. The maximum absolute atomic E-state index is 12.7. The van der Waals surface area contributed by atoms with Crippen LogP contribution < -0.4 is 14.8 Å². The fourth-order valence-corrected chi connectivity index (χ4v) is 3.84. The second-order valence-corrected chi connectivity index (χ2v) is 8.31. The topological polar surface area (TPSA) is 65.4 Å². The molecule has 2 heterocycles. The molecular formula is C23H33N3O3. The second-order valence-electron chi connectivity index (χ2n) is 8.31. The van der Waals surface area contributed by atoms with Crippen molar-refractivity contribution in [3.8, 4) is 11.5 Å². The molecule has 0 spiro atoms. The lowest BCUT2D eigenvalue weighted by Gasteiger charge is -2.13. The van der Waals surface area contributed by atoms with Crippen molar-refractivity contribution in [2.24, 2.45) is 5.92 Å². The van der Waals surface area contributed by atoms with Gasteiger partial charge in [-0.2, -0.15) is 5.10 Å². The third-order valence-corrected chi connectivity index (χ3v) is 5.26. The van der Waals surface area contributed by atoms with Gasteiger partial charge in [0.15, 0.2) is 0 Å². The molecule has 6 heteroatoms. The van der Waals surface area contributed by atoms with E-state index in [9.17, 15) is 4.79 Å². The largest absolute Gasteiger partial charge is 0.494 e. The monoisotopic (exact) mass is 399 g/mol. The van der Waals surface area contributed by atoms with Gasteiger partial charge in [-0.25, -0.2) is 0 Å². The summed E-state index contributed by atoms with van der Waals surface area (Å²) in [6, 6.07) is 4.05. The van der Waals surface area contributed by atoms with Crippen LogP contribution in [0.4, 0.5) is 0 Å². The Morgan fingerprint density at radius 3 is 2.83 bits per heavy atom. The van der Waals surface area contributed by atoms with E-state index in [1.54, 1.807) is 0 Å². The molecule has 0 radical (unpaired) electrons. The van der Waals surface area contributed by atoms with Gasteiger partial charge in [-0.3, -0.25) is 9.48 Å². The first-order valence-electron chi connectivity index (χ1n) is 10.5. The summed E-state index contributed by atoms with van der Waals surface area (Å²) in [7, 11) is 0. The van der Waals surface area contributed by atoms with Gasteiger partial charge < -0.3 is 14.8 Å². The third kappa shape index (κ3) is 4.92. The third-order valence-electron chi connectivity index (χ3n) is 5.26. The molecule has 2 aromatic rings. The average molecular weight is 400 g/mol. The highest BCUT2D eigenvalue weighted by atomic mass is 16.5. The molecule has 6 nitrogen and oxygen atoms in total. The Balaban J connectivity index is 1.69. The Bertz CT molecular complexity index is 886. The van der Waals surface area contributed by atoms with Gasteiger partial charge in [-0.05, 0) is 45.7 Å². The maximum Gasteiger partial charge on any atom is 0.224 e. The minimum Gasteiger partial charge on any atom is -0.494 e. The van der Waals surface area contributed by atoms with Crippen molar-refractivity contribution in [1.29, 1.82) is 0 Å². The van der Waals surface area contributed by atoms with Crippen LogP contribution in [0.15, 0.2) is 12.1 Å². The molecule has 1 amide bonds.